The molecule has 0 bridgehead atoms. The van der Waals surface area contributed by atoms with Crippen molar-refractivity contribution in [3.63, 3.8) is 0 Å². The van der Waals surface area contributed by atoms with Gasteiger partial charge in [-0.15, -0.1) is 0 Å². The molecule has 0 aromatic heterocycles. The molecule has 0 aliphatic carbocycles. The zero-order chi connectivity index (χ0) is 12.8. The van der Waals surface area contributed by atoms with E-state index < -0.39 is 0 Å². The van der Waals surface area contributed by atoms with Crippen molar-refractivity contribution in [3.8, 4) is 0 Å². The first-order chi connectivity index (χ1) is 8.11. The molecule has 2 N–H and O–H groups in total. The van der Waals surface area contributed by atoms with Crippen LogP contribution in [-0.2, 0) is 4.79 Å². The van der Waals surface area contributed by atoms with Crippen LogP contribution in [0, 0.1) is 11.3 Å². The largest absolute Gasteiger partial charge is 0.387 e. The molecular formula is C14H18N2O. The van der Waals surface area contributed by atoms with E-state index in [9.17, 15) is 4.79 Å². The van der Waals surface area contributed by atoms with Gasteiger partial charge in [-0.05, 0) is 5.56 Å². The van der Waals surface area contributed by atoms with Gasteiger partial charge in [-0.3, -0.25) is 4.79 Å². The number of rotatable bonds is 5. The number of Topliss-reactive ketones (excluding diaryl/α,β-unsaturated/α-hetero) is 1. The molecule has 0 heterocycles. The Balaban J connectivity index is 3.30. The van der Waals surface area contributed by atoms with Crippen molar-refractivity contribution in [2.45, 2.75) is 13.8 Å². The summed E-state index contributed by atoms with van der Waals surface area (Å²) in [5, 5.41) is 10.4. The molecule has 17 heavy (non-hydrogen) atoms. The zero-order valence-corrected chi connectivity index (χ0v) is 10.4. The fourth-order valence-electron chi connectivity index (χ4n) is 1.62. The minimum atomic E-state index is -0.112. The van der Waals surface area contributed by atoms with Crippen molar-refractivity contribution in [2.75, 3.05) is 7.05 Å². The molecule has 3 heteroatoms. The summed E-state index contributed by atoms with van der Waals surface area (Å²) in [5.41, 5.74) is 2.05. The normalized spacial score (nSPS) is 12.0. The second-order valence-electron chi connectivity index (χ2n) is 4.07. The molecule has 1 rings (SSSR count). The monoisotopic (exact) mass is 230 g/mol. The van der Waals surface area contributed by atoms with Gasteiger partial charge in [0.1, 0.15) is 0 Å². The highest BCUT2D eigenvalue weighted by Crippen LogP contribution is 2.17. The van der Waals surface area contributed by atoms with Crippen LogP contribution in [-0.4, -0.2) is 19.0 Å². The Kier molecular flexibility index (Phi) is 4.64. The van der Waals surface area contributed by atoms with Crippen LogP contribution in [0.3, 0.4) is 0 Å². The second kappa shape index (κ2) is 5.99. The minimum absolute atomic E-state index is 0.0202. The average Bonchev–Trinajstić information content (AvgIpc) is 2.35. The maximum absolute atomic E-state index is 12.0. The van der Waals surface area contributed by atoms with Gasteiger partial charge in [0, 0.05) is 19.2 Å². The molecule has 0 unspecified atom stereocenters. The van der Waals surface area contributed by atoms with Crippen molar-refractivity contribution in [3.05, 3.63) is 41.5 Å². The molecule has 0 aliphatic rings. The highest BCUT2D eigenvalue weighted by atomic mass is 16.1. The van der Waals surface area contributed by atoms with Gasteiger partial charge in [0.05, 0.1) is 11.3 Å². The number of allylic oxidation sites excluding steroid dienone is 1. The molecule has 0 radical (unpaired) electrons. The number of ketones is 1. The van der Waals surface area contributed by atoms with Gasteiger partial charge in [0.25, 0.3) is 0 Å². The molecule has 0 aliphatic heterocycles. The SMILES string of the molecule is CN/C(=C(\C=N)C(=O)C(C)C)c1ccccc1. The summed E-state index contributed by atoms with van der Waals surface area (Å²) in [4.78, 5) is 12.0. The van der Waals surface area contributed by atoms with Crippen molar-refractivity contribution in [1.82, 2.24) is 5.32 Å². The average molecular weight is 230 g/mol. The van der Waals surface area contributed by atoms with Crippen molar-refractivity contribution < 1.29 is 4.79 Å². The van der Waals surface area contributed by atoms with E-state index in [-0.39, 0.29) is 11.7 Å². The second-order valence-corrected chi connectivity index (χ2v) is 4.07. The van der Waals surface area contributed by atoms with E-state index in [0.29, 0.717) is 11.3 Å². The van der Waals surface area contributed by atoms with E-state index in [4.69, 9.17) is 5.41 Å². The van der Waals surface area contributed by atoms with Crippen LogP contribution in [0.1, 0.15) is 19.4 Å². The Morgan fingerprint density at radius 3 is 2.29 bits per heavy atom. The topological polar surface area (TPSA) is 53.0 Å². The Labute approximate surface area is 102 Å². The van der Waals surface area contributed by atoms with Gasteiger partial charge in [0.2, 0.25) is 0 Å². The third-order valence-corrected chi connectivity index (χ3v) is 2.52. The van der Waals surface area contributed by atoms with E-state index >= 15 is 0 Å². The summed E-state index contributed by atoms with van der Waals surface area (Å²) in [5.74, 6) is -0.133. The maximum atomic E-state index is 12.0. The third-order valence-electron chi connectivity index (χ3n) is 2.52. The summed E-state index contributed by atoms with van der Waals surface area (Å²) in [7, 11) is 1.76. The summed E-state index contributed by atoms with van der Waals surface area (Å²) in [6.07, 6.45) is 1.13. The number of nitrogens with one attached hydrogen (secondary N) is 2. The van der Waals surface area contributed by atoms with Crippen LogP contribution in [0.2, 0.25) is 0 Å². The maximum Gasteiger partial charge on any atom is 0.169 e. The van der Waals surface area contributed by atoms with E-state index in [0.717, 1.165) is 11.8 Å². The fourth-order valence-corrected chi connectivity index (χ4v) is 1.62. The lowest BCUT2D eigenvalue weighted by molar-refractivity contribution is -0.117. The number of carbonyl (C=O) groups is 1. The predicted molar refractivity (Wildman–Crippen MR) is 71.1 cm³/mol. The smallest absolute Gasteiger partial charge is 0.169 e. The lowest BCUT2D eigenvalue weighted by Gasteiger charge is -2.13. The van der Waals surface area contributed by atoms with E-state index in [1.165, 1.54) is 0 Å². The highest BCUT2D eigenvalue weighted by Gasteiger charge is 2.16. The summed E-state index contributed by atoms with van der Waals surface area (Å²) >= 11 is 0. The van der Waals surface area contributed by atoms with Crippen LogP contribution >= 0.6 is 0 Å². The van der Waals surface area contributed by atoms with Crippen molar-refractivity contribution >= 4 is 17.7 Å². The molecule has 1 aromatic carbocycles. The molecule has 0 saturated carbocycles. The first-order valence-corrected chi connectivity index (χ1v) is 5.64. The third kappa shape index (κ3) is 3.03. The van der Waals surface area contributed by atoms with Gasteiger partial charge in [0.15, 0.2) is 5.78 Å². The summed E-state index contributed by atoms with van der Waals surface area (Å²) in [6.45, 7) is 3.67. The zero-order valence-electron chi connectivity index (χ0n) is 10.4. The van der Waals surface area contributed by atoms with Crippen LogP contribution in [0.25, 0.3) is 5.70 Å². The lowest BCUT2D eigenvalue weighted by atomic mass is 9.97. The first-order valence-electron chi connectivity index (χ1n) is 5.64. The Morgan fingerprint density at radius 2 is 1.88 bits per heavy atom. The molecule has 0 fully saturated rings. The molecule has 1 aromatic rings. The molecule has 90 valence electrons. The Bertz CT molecular complexity index is 433. The van der Waals surface area contributed by atoms with Gasteiger partial charge < -0.3 is 10.7 Å². The molecule has 0 amide bonds. The van der Waals surface area contributed by atoms with Gasteiger partial charge in [-0.2, -0.15) is 0 Å². The van der Waals surface area contributed by atoms with Crippen LogP contribution in [0.5, 0.6) is 0 Å². The Hall–Kier alpha value is -1.90. The summed E-state index contributed by atoms with van der Waals surface area (Å²) in [6, 6.07) is 9.58. The van der Waals surface area contributed by atoms with Crippen LogP contribution < -0.4 is 5.32 Å². The first kappa shape index (κ1) is 13.2. The fraction of sp³-hybridized carbons (Fsp3) is 0.286. The standard InChI is InChI=1S/C14H18N2O/c1-10(2)14(17)12(9-15)13(16-3)11-7-5-4-6-8-11/h4-10,15-16H,1-3H3/b13-12+,15-9?. The molecule has 3 nitrogen and oxygen atoms in total. The van der Waals surface area contributed by atoms with E-state index in [1.807, 2.05) is 44.2 Å². The van der Waals surface area contributed by atoms with Crippen molar-refractivity contribution in [1.29, 1.82) is 5.41 Å². The number of carbonyl (C=O) groups excluding carboxylic acids is 1. The van der Waals surface area contributed by atoms with E-state index in [1.54, 1.807) is 7.05 Å². The van der Waals surface area contributed by atoms with Gasteiger partial charge >= 0.3 is 0 Å². The molecule has 0 spiro atoms. The minimum Gasteiger partial charge on any atom is -0.387 e. The molecular weight excluding hydrogens is 212 g/mol. The molecule has 0 saturated heterocycles. The highest BCUT2D eigenvalue weighted by molar-refractivity contribution is 6.18. The summed E-state index contributed by atoms with van der Waals surface area (Å²) < 4.78 is 0. The lowest BCUT2D eigenvalue weighted by Crippen LogP contribution is -2.18. The van der Waals surface area contributed by atoms with Crippen LogP contribution in [0.4, 0.5) is 0 Å². The number of hydrogen-bond donors (Lipinski definition) is 2. The number of hydrogen-bond acceptors (Lipinski definition) is 3. The van der Waals surface area contributed by atoms with Crippen molar-refractivity contribution in [2.24, 2.45) is 5.92 Å². The predicted octanol–water partition coefficient (Wildman–Crippen LogP) is 2.49. The van der Waals surface area contributed by atoms with E-state index in [2.05, 4.69) is 5.32 Å². The van der Waals surface area contributed by atoms with Gasteiger partial charge in [-0.25, -0.2) is 0 Å². The Morgan fingerprint density at radius 1 is 1.29 bits per heavy atom. The van der Waals surface area contributed by atoms with Gasteiger partial charge in [-0.1, -0.05) is 44.2 Å². The van der Waals surface area contributed by atoms with Crippen LogP contribution in [0.15, 0.2) is 35.9 Å². The number of benzene rings is 1. The molecule has 0 atom stereocenters. The quantitative estimate of drug-likeness (QED) is 0.603.